The second kappa shape index (κ2) is 9.04. The molecule has 1 heterocycles. The highest BCUT2D eigenvalue weighted by atomic mass is 16.5. The van der Waals surface area contributed by atoms with E-state index in [0.717, 1.165) is 16.0 Å². The van der Waals surface area contributed by atoms with Crippen molar-refractivity contribution in [3.63, 3.8) is 0 Å². The first-order chi connectivity index (χ1) is 14.7. The lowest BCUT2D eigenvalue weighted by Gasteiger charge is -2.27. The van der Waals surface area contributed by atoms with Crippen molar-refractivity contribution in [3.8, 4) is 11.5 Å². The quantitative estimate of drug-likeness (QED) is 0.558. The number of imide groups is 2. The van der Waals surface area contributed by atoms with Gasteiger partial charge in [-0.1, -0.05) is 18.2 Å². The molecule has 7 heteroatoms. The van der Waals surface area contributed by atoms with Gasteiger partial charge in [0.25, 0.3) is 11.8 Å². The second-order valence-electron chi connectivity index (χ2n) is 7.55. The molecule has 0 saturated carbocycles. The summed E-state index contributed by atoms with van der Waals surface area (Å²) in [5, 5.41) is 2.26. The van der Waals surface area contributed by atoms with Crippen LogP contribution < -0.4 is 19.7 Å². The third-order valence-corrected chi connectivity index (χ3v) is 4.65. The van der Waals surface area contributed by atoms with Gasteiger partial charge in [0.2, 0.25) is 0 Å². The molecule has 1 aliphatic heterocycles. The number of anilines is 1. The first-order valence-corrected chi connectivity index (χ1v) is 10.1. The lowest BCUT2D eigenvalue weighted by Crippen LogP contribution is -2.54. The van der Waals surface area contributed by atoms with Gasteiger partial charge in [0.05, 0.1) is 18.4 Å². The number of urea groups is 1. The molecule has 7 nitrogen and oxygen atoms in total. The van der Waals surface area contributed by atoms with Crippen molar-refractivity contribution in [2.24, 2.45) is 0 Å². The molecular weight excluding hydrogens is 396 g/mol. The maximum Gasteiger partial charge on any atom is 0.335 e. The van der Waals surface area contributed by atoms with E-state index in [1.165, 1.54) is 6.08 Å². The van der Waals surface area contributed by atoms with Gasteiger partial charge in [0, 0.05) is 0 Å². The summed E-state index contributed by atoms with van der Waals surface area (Å²) in [4.78, 5) is 39.1. The fourth-order valence-corrected chi connectivity index (χ4v) is 3.24. The average molecular weight is 422 g/mol. The minimum Gasteiger partial charge on any atom is -0.490 e. The molecule has 1 fully saturated rings. The van der Waals surface area contributed by atoms with Crippen LogP contribution in [0.5, 0.6) is 11.5 Å². The highest BCUT2D eigenvalue weighted by Crippen LogP contribution is 2.31. The standard InChI is InChI=1S/C24H26N2O5/c1-6-30-21-13-17(9-10-20(21)31-14(2)3)12-18-22(27)25-24(29)26(23(18)28)19-11-15(4)7-8-16(19)5/h7-14H,6H2,1-5H3,(H,25,27,29)/b18-12+. The van der Waals surface area contributed by atoms with Gasteiger partial charge in [-0.2, -0.15) is 0 Å². The predicted octanol–water partition coefficient (Wildman–Crippen LogP) is 4.16. The Balaban J connectivity index is 2.02. The second-order valence-corrected chi connectivity index (χ2v) is 7.55. The Hall–Kier alpha value is -3.61. The summed E-state index contributed by atoms with van der Waals surface area (Å²) < 4.78 is 11.4. The summed E-state index contributed by atoms with van der Waals surface area (Å²) in [6.45, 7) is 9.79. The Bertz CT molecular complexity index is 1070. The minimum absolute atomic E-state index is 0.0359. The zero-order valence-corrected chi connectivity index (χ0v) is 18.3. The molecule has 162 valence electrons. The molecule has 3 rings (SSSR count). The Labute approximate surface area is 181 Å². The Kier molecular flexibility index (Phi) is 6.44. The number of barbiturate groups is 1. The number of hydrogen-bond acceptors (Lipinski definition) is 5. The maximum absolute atomic E-state index is 13.2. The number of hydrogen-bond donors (Lipinski definition) is 1. The lowest BCUT2D eigenvalue weighted by molar-refractivity contribution is -0.122. The van der Waals surface area contributed by atoms with Gasteiger partial charge in [-0.15, -0.1) is 0 Å². The van der Waals surface area contributed by atoms with Crippen LogP contribution in [0, 0.1) is 13.8 Å². The molecule has 1 saturated heterocycles. The summed E-state index contributed by atoms with van der Waals surface area (Å²) in [6, 6.07) is 9.86. The molecule has 0 atom stereocenters. The van der Waals surface area contributed by atoms with Crippen molar-refractivity contribution >= 4 is 29.6 Å². The molecular formula is C24H26N2O5. The van der Waals surface area contributed by atoms with Gasteiger partial charge in [-0.25, -0.2) is 9.69 Å². The fraction of sp³-hybridized carbons (Fsp3) is 0.292. The van der Waals surface area contributed by atoms with E-state index in [0.29, 0.717) is 29.4 Å². The number of aryl methyl sites for hydroxylation is 2. The van der Waals surface area contributed by atoms with E-state index in [1.807, 2.05) is 39.8 Å². The van der Waals surface area contributed by atoms with E-state index in [1.54, 1.807) is 31.2 Å². The van der Waals surface area contributed by atoms with Crippen LogP contribution in [0.3, 0.4) is 0 Å². The summed E-state index contributed by atoms with van der Waals surface area (Å²) >= 11 is 0. The maximum atomic E-state index is 13.2. The van der Waals surface area contributed by atoms with Crippen LogP contribution in [0.15, 0.2) is 42.0 Å². The minimum atomic E-state index is -0.767. The molecule has 2 aromatic rings. The highest BCUT2D eigenvalue weighted by Gasteiger charge is 2.37. The topological polar surface area (TPSA) is 84.9 Å². The van der Waals surface area contributed by atoms with Crippen LogP contribution >= 0.6 is 0 Å². The van der Waals surface area contributed by atoms with Crippen molar-refractivity contribution in [2.75, 3.05) is 11.5 Å². The molecule has 0 radical (unpaired) electrons. The van der Waals surface area contributed by atoms with E-state index < -0.39 is 17.8 Å². The lowest BCUT2D eigenvalue weighted by atomic mass is 10.0. The number of nitrogens with one attached hydrogen (secondary N) is 1. The first-order valence-electron chi connectivity index (χ1n) is 10.1. The van der Waals surface area contributed by atoms with E-state index in [-0.39, 0.29) is 11.7 Å². The molecule has 4 amide bonds. The SMILES string of the molecule is CCOc1cc(/C=C2\C(=O)NC(=O)N(c3cc(C)ccc3C)C2=O)ccc1OC(C)C. The van der Waals surface area contributed by atoms with Gasteiger partial charge in [-0.05, 0) is 75.6 Å². The van der Waals surface area contributed by atoms with Crippen LogP contribution in [0.4, 0.5) is 10.5 Å². The van der Waals surface area contributed by atoms with Crippen molar-refractivity contribution in [1.82, 2.24) is 5.32 Å². The number of carbonyl (C=O) groups is 3. The summed E-state index contributed by atoms with van der Waals surface area (Å²) in [5.41, 5.74) is 2.52. The van der Waals surface area contributed by atoms with Crippen molar-refractivity contribution in [2.45, 2.75) is 40.7 Å². The Morgan fingerprint density at radius 1 is 1.03 bits per heavy atom. The third kappa shape index (κ3) is 4.77. The number of rotatable bonds is 6. The van der Waals surface area contributed by atoms with Gasteiger partial charge in [-0.3, -0.25) is 14.9 Å². The van der Waals surface area contributed by atoms with E-state index >= 15 is 0 Å². The monoisotopic (exact) mass is 422 g/mol. The fourth-order valence-electron chi connectivity index (χ4n) is 3.24. The van der Waals surface area contributed by atoms with Crippen molar-refractivity contribution in [3.05, 3.63) is 58.7 Å². The van der Waals surface area contributed by atoms with Crippen LogP contribution in [-0.2, 0) is 9.59 Å². The summed E-state index contributed by atoms with van der Waals surface area (Å²) in [7, 11) is 0. The number of ether oxygens (including phenoxy) is 2. The predicted molar refractivity (Wildman–Crippen MR) is 118 cm³/mol. The zero-order valence-electron chi connectivity index (χ0n) is 18.3. The average Bonchev–Trinajstić information content (AvgIpc) is 2.69. The van der Waals surface area contributed by atoms with Crippen LogP contribution in [0.2, 0.25) is 0 Å². The molecule has 0 aromatic heterocycles. The molecule has 1 N–H and O–H groups in total. The van der Waals surface area contributed by atoms with Crippen molar-refractivity contribution < 1.29 is 23.9 Å². The van der Waals surface area contributed by atoms with Gasteiger partial charge < -0.3 is 9.47 Å². The molecule has 0 unspecified atom stereocenters. The summed E-state index contributed by atoms with van der Waals surface area (Å²) in [6.07, 6.45) is 1.41. The molecule has 0 spiro atoms. The Morgan fingerprint density at radius 3 is 2.45 bits per heavy atom. The molecule has 1 aliphatic rings. The van der Waals surface area contributed by atoms with Gasteiger partial charge >= 0.3 is 6.03 Å². The summed E-state index contributed by atoms with van der Waals surface area (Å²) in [5.74, 6) is -0.331. The first kappa shape index (κ1) is 22.1. The Morgan fingerprint density at radius 2 is 1.77 bits per heavy atom. The normalized spacial score (nSPS) is 15.5. The number of amides is 4. The van der Waals surface area contributed by atoms with E-state index in [9.17, 15) is 14.4 Å². The zero-order chi connectivity index (χ0) is 22.7. The van der Waals surface area contributed by atoms with Crippen LogP contribution in [-0.4, -0.2) is 30.6 Å². The number of carbonyl (C=O) groups excluding carboxylic acids is 3. The number of benzene rings is 2. The van der Waals surface area contributed by atoms with Gasteiger partial charge in [0.15, 0.2) is 11.5 Å². The number of nitrogens with zero attached hydrogens (tertiary/aromatic N) is 1. The van der Waals surface area contributed by atoms with E-state index in [2.05, 4.69) is 5.32 Å². The largest absolute Gasteiger partial charge is 0.490 e. The van der Waals surface area contributed by atoms with Crippen LogP contribution in [0.1, 0.15) is 37.5 Å². The molecule has 0 bridgehead atoms. The van der Waals surface area contributed by atoms with Crippen LogP contribution in [0.25, 0.3) is 6.08 Å². The van der Waals surface area contributed by atoms with E-state index in [4.69, 9.17) is 9.47 Å². The molecule has 2 aromatic carbocycles. The third-order valence-electron chi connectivity index (χ3n) is 4.65. The highest BCUT2D eigenvalue weighted by molar-refractivity contribution is 6.39. The van der Waals surface area contributed by atoms with Crippen molar-refractivity contribution in [1.29, 1.82) is 0 Å². The van der Waals surface area contributed by atoms with Gasteiger partial charge in [0.1, 0.15) is 5.57 Å². The molecule has 0 aliphatic carbocycles. The smallest absolute Gasteiger partial charge is 0.335 e. The molecule has 31 heavy (non-hydrogen) atoms.